The average Bonchev–Trinajstić information content (AvgIpc) is 2.55. The number of hydrogen-bond donors (Lipinski definition) is 3. The number of rotatable bonds is 4. The van der Waals surface area contributed by atoms with Gasteiger partial charge >= 0.3 is 0 Å². The molecule has 1 heterocycles. The molecule has 0 spiro atoms. The first kappa shape index (κ1) is 18.1. The molecule has 1 aromatic heterocycles. The zero-order valence-electron chi connectivity index (χ0n) is 12.7. The molecule has 0 aliphatic rings. The Labute approximate surface area is 146 Å². The van der Waals surface area contributed by atoms with Crippen LogP contribution in [0.3, 0.4) is 0 Å². The van der Waals surface area contributed by atoms with Gasteiger partial charge in [0.05, 0.1) is 11.1 Å². The lowest BCUT2D eigenvalue weighted by Gasteiger charge is -2.11. The van der Waals surface area contributed by atoms with Crippen molar-refractivity contribution in [2.24, 2.45) is 0 Å². The quantitative estimate of drug-likeness (QED) is 0.618. The number of fused-ring (bicyclic) bond motifs is 1. The fraction of sp³-hybridized carbons (Fsp3) is 0.125. The Morgan fingerprint density at radius 1 is 1.04 bits per heavy atom. The fourth-order valence-electron chi connectivity index (χ4n) is 2.50. The Bertz CT molecular complexity index is 976. The van der Waals surface area contributed by atoms with Gasteiger partial charge in [-0.15, -0.1) is 12.4 Å². The minimum absolute atomic E-state index is 0. The van der Waals surface area contributed by atoms with Crippen LogP contribution in [-0.2, 0) is 10.9 Å². The van der Waals surface area contributed by atoms with E-state index >= 15 is 0 Å². The molecular weight excluding hydrogens is 350 g/mol. The number of nitrogens with one attached hydrogen (secondary N) is 2. The van der Waals surface area contributed by atoms with E-state index in [2.05, 4.69) is 14.9 Å². The summed E-state index contributed by atoms with van der Waals surface area (Å²) in [6.07, 6.45) is 0. The summed E-state index contributed by atoms with van der Waals surface area (Å²) in [7, 11) is -2.64. The normalized spacial score (nSPS) is 12.1. The molecule has 1 atom stereocenters. The van der Waals surface area contributed by atoms with Gasteiger partial charge in [-0.2, -0.15) is 5.10 Å². The lowest BCUT2D eigenvalue weighted by atomic mass is 10.0. The highest BCUT2D eigenvalue weighted by Gasteiger charge is 2.10. The second-order valence-corrected chi connectivity index (χ2v) is 5.95. The summed E-state index contributed by atoms with van der Waals surface area (Å²) in [5.74, 6) is 0. The van der Waals surface area contributed by atoms with Crippen LogP contribution in [0.1, 0.15) is 18.5 Å². The molecule has 0 bridgehead atoms. The predicted molar refractivity (Wildman–Crippen MR) is 96.9 cm³/mol. The molecule has 0 amide bonds. The maximum Gasteiger partial charge on any atom is 0.272 e. The first-order valence-electron chi connectivity index (χ1n) is 7.04. The minimum Gasteiger partial charge on any atom is -0.267 e. The van der Waals surface area contributed by atoms with Crippen molar-refractivity contribution in [3.8, 4) is 11.3 Å². The van der Waals surface area contributed by atoms with E-state index in [4.69, 9.17) is 0 Å². The van der Waals surface area contributed by atoms with Crippen molar-refractivity contribution in [1.82, 2.24) is 14.9 Å². The number of H-pyrrole nitrogens is 1. The molecule has 0 saturated heterocycles. The van der Waals surface area contributed by atoms with Crippen molar-refractivity contribution in [3.63, 3.8) is 0 Å². The molecule has 24 heavy (non-hydrogen) atoms. The molecule has 2 aromatic carbocycles. The molecule has 8 heteroatoms. The lowest BCUT2D eigenvalue weighted by Crippen LogP contribution is -2.16. The number of nitrogens with zero attached hydrogens (tertiary/aromatic N) is 1. The minimum atomic E-state index is -2.64. The van der Waals surface area contributed by atoms with Crippen molar-refractivity contribution >= 4 is 34.1 Å². The smallest absolute Gasteiger partial charge is 0.267 e. The van der Waals surface area contributed by atoms with Crippen LogP contribution in [0, 0.1) is 0 Å². The number of aromatic amines is 1. The first-order valence-corrected chi connectivity index (χ1v) is 8.22. The van der Waals surface area contributed by atoms with E-state index in [1.807, 2.05) is 42.5 Å². The third kappa shape index (κ3) is 3.64. The van der Waals surface area contributed by atoms with Gasteiger partial charge in [0.1, 0.15) is 0 Å². The SMILES string of the molecule is C[C@@H](N[SH](=O)=O)c1ccc(-c2n[nH]c(=O)c3ccccc23)cc1.Cl. The van der Waals surface area contributed by atoms with Crippen LogP contribution in [-0.4, -0.2) is 18.6 Å². The van der Waals surface area contributed by atoms with Crippen LogP contribution in [0.15, 0.2) is 53.3 Å². The first-order chi connectivity index (χ1) is 11.1. The van der Waals surface area contributed by atoms with Gasteiger partial charge < -0.3 is 0 Å². The topological polar surface area (TPSA) is 91.9 Å². The molecule has 6 nitrogen and oxygen atoms in total. The van der Waals surface area contributed by atoms with Crippen molar-refractivity contribution in [2.45, 2.75) is 13.0 Å². The summed E-state index contributed by atoms with van der Waals surface area (Å²) < 4.78 is 23.9. The summed E-state index contributed by atoms with van der Waals surface area (Å²) in [6, 6.07) is 14.4. The molecule has 0 radical (unpaired) electrons. The van der Waals surface area contributed by atoms with E-state index in [0.29, 0.717) is 11.1 Å². The van der Waals surface area contributed by atoms with Gasteiger partial charge in [0.25, 0.3) is 5.56 Å². The second kappa shape index (κ2) is 7.57. The van der Waals surface area contributed by atoms with Crippen LogP contribution < -0.4 is 10.3 Å². The number of aromatic nitrogens is 2. The number of hydrogen-bond acceptors (Lipinski definition) is 4. The van der Waals surface area contributed by atoms with E-state index in [9.17, 15) is 13.2 Å². The number of benzene rings is 2. The molecule has 2 N–H and O–H groups in total. The molecule has 126 valence electrons. The maximum atomic E-state index is 11.8. The van der Waals surface area contributed by atoms with Gasteiger partial charge in [-0.05, 0) is 18.6 Å². The van der Waals surface area contributed by atoms with E-state index in [0.717, 1.165) is 16.5 Å². The van der Waals surface area contributed by atoms with E-state index in [-0.39, 0.29) is 24.0 Å². The maximum absolute atomic E-state index is 11.8. The highest BCUT2D eigenvalue weighted by molar-refractivity contribution is 7.70. The van der Waals surface area contributed by atoms with Gasteiger partial charge in [-0.25, -0.2) is 18.2 Å². The summed E-state index contributed by atoms with van der Waals surface area (Å²) in [5, 5.41) is 8.02. The Morgan fingerprint density at radius 3 is 2.29 bits per heavy atom. The van der Waals surface area contributed by atoms with Gasteiger partial charge in [-0.1, -0.05) is 42.5 Å². The summed E-state index contributed by atoms with van der Waals surface area (Å²) in [4.78, 5) is 11.8. The molecule has 0 aliphatic heterocycles. The van der Waals surface area contributed by atoms with Crippen LogP contribution in [0.25, 0.3) is 22.0 Å². The number of halogens is 1. The van der Waals surface area contributed by atoms with Crippen molar-refractivity contribution in [2.75, 3.05) is 0 Å². The summed E-state index contributed by atoms with van der Waals surface area (Å²) >= 11 is 0. The summed E-state index contributed by atoms with van der Waals surface area (Å²) in [6.45, 7) is 1.77. The Morgan fingerprint density at radius 2 is 1.67 bits per heavy atom. The Kier molecular flexibility index (Phi) is 5.71. The van der Waals surface area contributed by atoms with Crippen molar-refractivity contribution < 1.29 is 8.42 Å². The molecular formula is C16H16ClN3O3S. The van der Waals surface area contributed by atoms with Crippen molar-refractivity contribution in [3.05, 3.63) is 64.4 Å². The fourth-order valence-corrected chi connectivity index (χ4v) is 2.96. The van der Waals surface area contributed by atoms with Gasteiger partial charge in [0.15, 0.2) is 0 Å². The van der Waals surface area contributed by atoms with Gasteiger partial charge in [0, 0.05) is 17.0 Å². The molecule has 0 fully saturated rings. The highest BCUT2D eigenvalue weighted by Crippen LogP contribution is 2.25. The van der Waals surface area contributed by atoms with Gasteiger partial charge in [0.2, 0.25) is 10.9 Å². The predicted octanol–water partition coefficient (Wildman–Crippen LogP) is 2.19. The standard InChI is InChI=1S/C16H15N3O3S.ClH/c1-10(19-23(21)22)11-6-8-12(9-7-11)15-13-4-2-3-5-14(13)16(20)18-17-15;/h2-10,23H,1H3,(H,18,20)(H,19,21,22);1H/t10-;/m1./s1. The van der Waals surface area contributed by atoms with Crippen LogP contribution in [0.4, 0.5) is 0 Å². The largest absolute Gasteiger partial charge is 0.272 e. The third-order valence-corrected chi connectivity index (χ3v) is 4.28. The third-order valence-electron chi connectivity index (χ3n) is 3.68. The van der Waals surface area contributed by atoms with Crippen LogP contribution in [0.2, 0.25) is 0 Å². The Balaban J connectivity index is 0.00000208. The van der Waals surface area contributed by atoms with Crippen LogP contribution in [0.5, 0.6) is 0 Å². The zero-order chi connectivity index (χ0) is 16.4. The second-order valence-electron chi connectivity index (χ2n) is 5.18. The van der Waals surface area contributed by atoms with Crippen molar-refractivity contribution in [1.29, 1.82) is 0 Å². The Hall–Kier alpha value is -2.22. The van der Waals surface area contributed by atoms with E-state index in [1.54, 1.807) is 13.0 Å². The molecule has 0 saturated carbocycles. The molecule has 0 aliphatic carbocycles. The molecule has 3 aromatic rings. The molecule has 3 rings (SSSR count). The molecule has 0 unspecified atom stereocenters. The summed E-state index contributed by atoms with van der Waals surface area (Å²) in [5.41, 5.74) is 2.15. The van der Waals surface area contributed by atoms with E-state index in [1.165, 1.54) is 0 Å². The average molecular weight is 366 g/mol. The van der Waals surface area contributed by atoms with E-state index < -0.39 is 10.9 Å². The zero-order valence-corrected chi connectivity index (χ0v) is 14.4. The number of thiol groups is 1. The monoisotopic (exact) mass is 365 g/mol. The van der Waals surface area contributed by atoms with Crippen LogP contribution >= 0.6 is 12.4 Å². The lowest BCUT2D eigenvalue weighted by molar-refractivity contribution is 0.587. The highest BCUT2D eigenvalue weighted by atomic mass is 35.5. The van der Waals surface area contributed by atoms with Gasteiger partial charge in [-0.3, -0.25) is 4.79 Å².